The standard InChI is InChI=1S/C48H72N2O4/c1-32(2)12-10-13-33(3)39-21-22-40-37-20-18-35-14-11-15-41(48(35,5)42(37)26-27-47(39,40)4)38-30-34(17-25-46(51)52)16-23-44(38)53-28-8-6-7-9-29-54-45-24-19-36(49)31-43(45)50/h16-17,19,23-25,30-33,35,37,39-42H,6-15,18,20-22,26-29,49-50H2,1-5H3,(H,51,52)/t33-,35?,37+,39-,40+,41?,42+,47-,48-/m1/s1. The number of aliphatic carboxylic acids is 1. The minimum absolute atomic E-state index is 0.227. The monoisotopic (exact) mass is 741 g/mol. The van der Waals surface area contributed by atoms with Crippen molar-refractivity contribution in [3.05, 3.63) is 53.6 Å². The van der Waals surface area contributed by atoms with Gasteiger partial charge in [-0.3, -0.25) is 0 Å². The molecular formula is C48H72N2O4. The molecule has 6 heteroatoms. The van der Waals surface area contributed by atoms with E-state index in [2.05, 4.69) is 46.8 Å². The van der Waals surface area contributed by atoms with E-state index in [0.29, 0.717) is 41.7 Å². The Morgan fingerprint density at radius 3 is 2.30 bits per heavy atom. The maximum absolute atomic E-state index is 11.5. The average Bonchev–Trinajstić information content (AvgIpc) is 3.49. The molecule has 6 nitrogen and oxygen atoms in total. The van der Waals surface area contributed by atoms with E-state index in [1.54, 1.807) is 12.1 Å². The number of carbonyl (C=O) groups is 1. The van der Waals surface area contributed by atoms with Crippen LogP contribution in [0.4, 0.5) is 11.4 Å². The van der Waals surface area contributed by atoms with Gasteiger partial charge in [0.05, 0.1) is 18.9 Å². The number of carboxylic acid groups (broad SMARTS) is 1. The third kappa shape index (κ3) is 8.78. The van der Waals surface area contributed by atoms with Crippen molar-refractivity contribution in [2.24, 2.45) is 52.3 Å². The molecule has 9 atom stereocenters. The van der Waals surface area contributed by atoms with Gasteiger partial charge in [-0.15, -0.1) is 0 Å². The lowest BCUT2D eigenvalue weighted by Crippen LogP contribution is -2.55. The predicted molar refractivity (Wildman–Crippen MR) is 224 cm³/mol. The van der Waals surface area contributed by atoms with Crippen molar-refractivity contribution in [2.75, 3.05) is 24.7 Å². The van der Waals surface area contributed by atoms with Crippen LogP contribution in [0.15, 0.2) is 42.5 Å². The van der Waals surface area contributed by atoms with Crippen LogP contribution in [0.3, 0.4) is 0 Å². The van der Waals surface area contributed by atoms with Crippen LogP contribution in [-0.4, -0.2) is 24.3 Å². The highest BCUT2D eigenvalue weighted by Crippen LogP contribution is 2.71. The molecule has 0 spiro atoms. The number of hydrogen-bond acceptors (Lipinski definition) is 5. The Bertz CT molecular complexity index is 1590. The summed E-state index contributed by atoms with van der Waals surface area (Å²) in [5.41, 5.74) is 16.1. The van der Waals surface area contributed by atoms with Crippen LogP contribution >= 0.6 is 0 Å². The first-order chi connectivity index (χ1) is 25.9. The van der Waals surface area contributed by atoms with Crippen molar-refractivity contribution < 1.29 is 19.4 Å². The number of fused-ring (bicyclic) bond motifs is 5. The van der Waals surface area contributed by atoms with E-state index in [1.165, 1.54) is 88.7 Å². The molecule has 6 rings (SSSR count). The summed E-state index contributed by atoms with van der Waals surface area (Å²) < 4.78 is 12.6. The molecule has 2 unspecified atom stereocenters. The van der Waals surface area contributed by atoms with E-state index in [9.17, 15) is 9.90 Å². The Morgan fingerprint density at radius 2 is 1.57 bits per heavy atom. The number of unbranched alkanes of at least 4 members (excludes halogenated alkanes) is 3. The van der Waals surface area contributed by atoms with Gasteiger partial charge in [-0.05, 0) is 183 Å². The molecule has 0 aliphatic heterocycles. The molecule has 4 saturated carbocycles. The Labute approximate surface area is 327 Å². The van der Waals surface area contributed by atoms with E-state index in [-0.39, 0.29) is 5.41 Å². The molecule has 0 radical (unpaired) electrons. The van der Waals surface area contributed by atoms with Crippen LogP contribution in [0.2, 0.25) is 0 Å². The highest BCUT2D eigenvalue weighted by molar-refractivity contribution is 5.85. The van der Waals surface area contributed by atoms with Crippen molar-refractivity contribution in [2.45, 2.75) is 143 Å². The SMILES string of the molecule is CC(C)CCC[C@@H](C)[C@H]1CC[C@H]2[C@@H]3CCC4CCCC(c5cc(C=CC(=O)O)ccc5OCCCCCCOc5ccc(N)cc5N)[C@]4(C)[C@H]3CC[C@]12C. The molecule has 0 saturated heterocycles. The van der Waals surface area contributed by atoms with Crippen LogP contribution in [-0.2, 0) is 4.79 Å². The van der Waals surface area contributed by atoms with Gasteiger partial charge in [0.2, 0.25) is 0 Å². The summed E-state index contributed by atoms with van der Waals surface area (Å²) in [5.74, 6) is 6.87. The quantitative estimate of drug-likeness (QED) is 0.0846. The second-order valence-electron chi connectivity index (χ2n) is 18.9. The molecule has 54 heavy (non-hydrogen) atoms. The number of anilines is 2. The molecule has 2 aromatic carbocycles. The molecule has 5 N–H and O–H groups in total. The summed E-state index contributed by atoms with van der Waals surface area (Å²) in [5, 5.41) is 9.46. The summed E-state index contributed by atoms with van der Waals surface area (Å²) in [6.45, 7) is 14.0. The Balaban J connectivity index is 1.14. The first kappa shape index (κ1) is 40.5. The molecule has 0 heterocycles. The second kappa shape index (κ2) is 17.8. The fourth-order valence-electron chi connectivity index (χ4n) is 12.7. The van der Waals surface area contributed by atoms with Crippen molar-refractivity contribution in [1.82, 2.24) is 0 Å². The molecule has 4 aliphatic rings. The van der Waals surface area contributed by atoms with Gasteiger partial charge in [0.25, 0.3) is 0 Å². The zero-order chi connectivity index (χ0) is 38.5. The lowest BCUT2D eigenvalue weighted by atomic mass is 9.42. The number of hydrogen-bond donors (Lipinski definition) is 3. The van der Waals surface area contributed by atoms with Gasteiger partial charge < -0.3 is 26.0 Å². The first-order valence-electron chi connectivity index (χ1n) is 21.9. The summed E-state index contributed by atoms with van der Waals surface area (Å²) >= 11 is 0. The van der Waals surface area contributed by atoms with Crippen LogP contribution in [0, 0.1) is 52.3 Å². The van der Waals surface area contributed by atoms with Crippen molar-refractivity contribution in [1.29, 1.82) is 0 Å². The van der Waals surface area contributed by atoms with Crippen molar-refractivity contribution >= 4 is 23.4 Å². The molecule has 0 amide bonds. The van der Waals surface area contributed by atoms with E-state index in [1.807, 2.05) is 18.2 Å². The van der Waals surface area contributed by atoms with Crippen LogP contribution in [0.25, 0.3) is 6.08 Å². The molecule has 0 bridgehead atoms. The summed E-state index contributed by atoms with van der Waals surface area (Å²) in [6.07, 6.45) is 23.4. The van der Waals surface area contributed by atoms with Crippen molar-refractivity contribution in [3.63, 3.8) is 0 Å². The van der Waals surface area contributed by atoms with Crippen LogP contribution in [0.1, 0.15) is 154 Å². The van der Waals surface area contributed by atoms with E-state index < -0.39 is 5.97 Å². The zero-order valence-corrected chi connectivity index (χ0v) is 34.3. The number of ether oxygens (including phenoxy) is 2. The summed E-state index contributed by atoms with van der Waals surface area (Å²) in [6, 6.07) is 11.9. The topological polar surface area (TPSA) is 108 Å². The smallest absolute Gasteiger partial charge is 0.328 e. The molecule has 4 aliphatic carbocycles. The maximum Gasteiger partial charge on any atom is 0.328 e. The molecular weight excluding hydrogens is 669 g/mol. The predicted octanol–water partition coefficient (Wildman–Crippen LogP) is 12.2. The Kier molecular flexibility index (Phi) is 13.3. The van der Waals surface area contributed by atoms with Gasteiger partial charge in [-0.25, -0.2) is 4.79 Å². The second-order valence-corrected chi connectivity index (χ2v) is 18.9. The van der Waals surface area contributed by atoms with Gasteiger partial charge in [0.1, 0.15) is 11.5 Å². The minimum Gasteiger partial charge on any atom is -0.493 e. The maximum atomic E-state index is 11.5. The number of carboxylic acids is 1. The zero-order valence-electron chi connectivity index (χ0n) is 34.3. The first-order valence-corrected chi connectivity index (χ1v) is 21.9. The number of rotatable bonds is 17. The van der Waals surface area contributed by atoms with Crippen LogP contribution in [0.5, 0.6) is 11.5 Å². The largest absolute Gasteiger partial charge is 0.493 e. The van der Waals surface area contributed by atoms with Crippen molar-refractivity contribution in [3.8, 4) is 11.5 Å². The summed E-state index contributed by atoms with van der Waals surface area (Å²) in [4.78, 5) is 11.5. The van der Waals surface area contributed by atoms with Gasteiger partial charge >= 0.3 is 5.97 Å². The molecule has 4 fully saturated rings. The number of nitrogens with two attached hydrogens (primary N) is 2. The molecule has 298 valence electrons. The Morgan fingerprint density at radius 1 is 0.833 bits per heavy atom. The van der Waals surface area contributed by atoms with Crippen LogP contribution < -0.4 is 20.9 Å². The normalized spacial score (nSPS) is 31.1. The van der Waals surface area contributed by atoms with Gasteiger partial charge in [0.15, 0.2) is 0 Å². The molecule has 0 aromatic heterocycles. The lowest BCUT2D eigenvalue weighted by molar-refractivity contribution is -0.131. The fourth-order valence-corrected chi connectivity index (χ4v) is 12.7. The average molecular weight is 741 g/mol. The minimum atomic E-state index is -0.909. The van der Waals surface area contributed by atoms with Gasteiger partial charge in [0, 0.05) is 11.8 Å². The fraction of sp³-hybridized carbons (Fsp3) is 0.688. The summed E-state index contributed by atoms with van der Waals surface area (Å²) in [7, 11) is 0. The number of benzene rings is 2. The third-order valence-electron chi connectivity index (χ3n) is 15.4. The van der Waals surface area contributed by atoms with E-state index in [0.717, 1.165) is 78.4 Å². The van der Waals surface area contributed by atoms with Gasteiger partial charge in [-0.1, -0.05) is 66.4 Å². The Hall–Kier alpha value is -3.15. The van der Waals surface area contributed by atoms with E-state index in [4.69, 9.17) is 20.9 Å². The highest BCUT2D eigenvalue weighted by Gasteiger charge is 2.62. The third-order valence-corrected chi connectivity index (χ3v) is 15.4. The number of nitrogen functional groups attached to an aromatic ring is 2. The van der Waals surface area contributed by atoms with E-state index >= 15 is 0 Å². The van der Waals surface area contributed by atoms with Gasteiger partial charge in [-0.2, -0.15) is 0 Å². The molecule has 2 aromatic rings. The highest BCUT2D eigenvalue weighted by atomic mass is 16.5. The lowest BCUT2D eigenvalue weighted by Gasteiger charge is -2.63.